The largest absolute Gasteiger partial charge is 0.465 e. The van der Waals surface area contributed by atoms with Gasteiger partial charge < -0.3 is 26.2 Å². The number of carbonyl (C=O) groups excluding carboxylic acids is 1. The molecule has 0 radical (unpaired) electrons. The van der Waals surface area contributed by atoms with E-state index in [2.05, 4.69) is 16.0 Å². The average Bonchev–Trinajstić information content (AvgIpc) is 2.49. The first-order valence-corrected chi connectivity index (χ1v) is 7.48. The highest BCUT2D eigenvalue weighted by Crippen LogP contribution is 2.13. The van der Waals surface area contributed by atoms with E-state index in [0.717, 1.165) is 6.54 Å². The molecule has 122 valence electrons. The van der Waals surface area contributed by atoms with Gasteiger partial charge in [0.15, 0.2) is 0 Å². The quantitative estimate of drug-likeness (QED) is 0.496. The van der Waals surface area contributed by atoms with Crippen molar-refractivity contribution in [1.82, 2.24) is 16.0 Å². The molecule has 0 aromatic carbocycles. The number of nitrogens with one attached hydrogen (secondary N) is 3. The lowest BCUT2D eigenvalue weighted by atomic mass is 9.98. The molecular formula is C14H27N3O4. The van der Waals surface area contributed by atoms with E-state index >= 15 is 0 Å². The maximum Gasteiger partial charge on any atom is 0.405 e. The average molecular weight is 301 g/mol. The van der Waals surface area contributed by atoms with Gasteiger partial charge in [0.1, 0.15) is 6.04 Å². The number of rotatable bonds is 5. The molecule has 1 fully saturated rings. The summed E-state index contributed by atoms with van der Waals surface area (Å²) in [6.45, 7) is 7.13. The van der Waals surface area contributed by atoms with Gasteiger partial charge in [0.25, 0.3) is 0 Å². The van der Waals surface area contributed by atoms with Crippen LogP contribution in [0.25, 0.3) is 0 Å². The molecule has 5 N–H and O–H groups in total. The monoisotopic (exact) mass is 301 g/mol. The van der Waals surface area contributed by atoms with Crippen molar-refractivity contribution in [3.63, 3.8) is 0 Å². The van der Waals surface area contributed by atoms with E-state index in [4.69, 9.17) is 5.11 Å². The van der Waals surface area contributed by atoms with Crippen LogP contribution in [-0.2, 0) is 4.79 Å². The summed E-state index contributed by atoms with van der Waals surface area (Å²) in [5.41, 5.74) is 0. The van der Waals surface area contributed by atoms with Gasteiger partial charge in [0.2, 0.25) is 5.91 Å². The number of β-amino-alcohol motifs (C(OH)–C–C–N with tert-alkyl or cyclic N) is 1. The standard InChI is InChI=1S/C14H27N3O4/c1-8(2)4-11(17-14(20)21)13(19)16-10-5-9(3)6-15-7-12(10)18/h8-12,15,17-18H,4-7H2,1-3H3,(H,16,19)(H,20,21)/t9?,10?,11-,12?/m0/s1. The summed E-state index contributed by atoms with van der Waals surface area (Å²) < 4.78 is 0. The van der Waals surface area contributed by atoms with Crippen LogP contribution in [0.2, 0.25) is 0 Å². The Morgan fingerprint density at radius 1 is 1.33 bits per heavy atom. The number of aliphatic hydroxyl groups is 1. The van der Waals surface area contributed by atoms with E-state index in [1.807, 2.05) is 20.8 Å². The van der Waals surface area contributed by atoms with Gasteiger partial charge in [-0.1, -0.05) is 20.8 Å². The molecule has 1 heterocycles. The molecule has 1 aliphatic heterocycles. The summed E-state index contributed by atoms with van der Waals surface area (Å²) in [5.74, 6) is 0.153. The van der Waals surface area contributed by atoms with E-state index in [1.165, 1.54) is 0 Å². The van der Waals surface area contributed by atoms with E-state index in [9.17, 15) is 14.7 Å². The number of carboxylic acid groups (broad SMARTS) is 1. The molecule has 0 aliphatic carbocycles. The molecular weight excluding hydrogens is 274 g/mol. The smallest absolute Gasteiger partial charge is 0.405 e. The van der Waals surface area contributed by atoms with Crippen LogP contribution in [0.4, 0.5) is 4.79 Å². The Labute approximate surface area is 125 Å². The number of hydrogen-bond acceptors (Lipinski definition) is 4. The first kappa shape index (κ1) is 17.7. The maximum absolute atomic E-state index is 12.3. The van der Waals surface area contributed by atoms with Crippen LogP contribution in [0, 0.1) is 11.8 Å². The Balaban J connectivity index is 2.67. The van der Waals surface area contributed by atoms with Crippen molar-refractivity contribution < 1.29 is 19.8 Å². The first-order valence-electron chi connectivity index (χ1n) is 7.48. The molecule has 7 heteroatoms. The zero-order chi connectivity index (χ0) is 16.0. The summed E-state index contributed by atoms with van der Waals surface area (Å²) in [6.07, 6.45) is -0.786. The number of hydrogen-bond donors (Lipinski definition) is 5. The van der Waals surface area contributed by atoms with Crippen LogP contribution in [0.5, 0.6) is 0 Å². The molecule has 0 aromatic heterocycles. The minimum absolute atomic E-state index is 0.187. The summed E-state index contributed by atoms with van der Waals surface area (Å²) in [6, 6.07) is -1.14. The van der Waals surface area contributed by atoms with Gasteiger partial charge in [0.05, 0.1) is 12.1 Å². The maximum atomic E-state index is 12.3. The summed E-state index contributed by atoms with van der Waals surface area (Å²) in [7, 11) is 0. The summed E-state index contributed by atoms with van der Waals surface area (Å²) in [5, 5.41) is 27.1. The highest BCUT2D eigenvalue weighted by Gasteiger charge is 2.29. The fourth-order valence-electron chi connectivity index (χ4n) is 2.58. The molecule has 3 unspecified atom stereocenters. The third-order valence-electron chi connectivity index (χ3n) is 3.62. The Bertz CT molecular complexity index is 362. The first-order chi connectivity index (χ1) is 9.79. The highest BCUT2D eigenvalue weighted by molar-refractivity contribution is 5.85. The molecule has 1 rings (SSSR count). The van der Waals surface area contributed by atoms with E-state index < -0.39 is 18.2 Å². The van der Waals surface area contributed by atoms with Crippen molar-refractivity contribution in [3.8, 4) is 0 Å². The Morgan fingerprint density at radius 2 is 2.00 bits per heavy atom. The summed E-state index contributed by atoms with van der Waals surface area (Å²) in [4.78, 5) is 23.1. The number of aliphatic hydroxyl groups excluding tert-OH is 1. The van der Waals surface area contributed by atoms with Crippen LogP contribution >= 0.6 is 0 Å². The normalized spacial score (nSPS) is 27.8. The third kappa shape index (κ3) is 6.31. The van der Waals surface area contributed by atoms with Gasteiger partial charge in [-0.05, 0) is 31.2 Å². The van der Waals surface area contributed by atoms with Crippen molar-refractivity contribution in [1.29, 1.82) is 0 Å². The van der Waals surface area contributed by atoms with E-state index in [1.54, 1.807) is 0 Å². The third-order valence-corrected chi connectivity index (χ3v) is 3.62. The van der Waals surface area contributed by atoms with E-state index in [-0.39, 0.29) is 17.9 Å². The van der Waals surface area contributed by atoms with Gasteiger partial charge in [-0.25, -0.2) is 4.79 Å². The van der Waals surface area contributed by atoms with Gasteiger partial charge in [-0.3, -0.25) is 4.79 Å². The van der Waals surface area contributed by atoms with Gasteiger partial charge >= 0.3 is 6.09 Å². The minimum Gasteiger partial charge on any atom is -0.465 e. The molecule has 1 aliphatic rings. The van der Waals surface area contributed by atoms with Gasteiger partial charge in [-0.15, -0.1) is 0 Å². The summed E-state index contributed by atoms with van der Waals surface area (Å²) >= 11 is 0. The van der Waals surface area contributed by atoms with Crippen LogP contribution < -0.4 is 16.0 Å². The predicted molar refractivity (Wildman–Crippen MR) is 79.0 cm³/mol. The molecule has 1 saturated heterocycles. The van der Waals surface area contributed by atoms with Crippen LogP contribution in [0.1, 0.15) is 33.6 Å². The van der Waals surface area contributed by atoms with Crippen LogP contribution in [0.3, 0.4) is 0 Å². The fraction of sp³-hybridized carbons (Fsp3) is 0.857. The lowest BCUT2D eigenvalue weighted by Crippen LogP contribution is -2.53. The van der Waals surface area contributed by atoms with Crippen molar-refractivity contribution >= 4 is 12.0 Å². The van der Waals surface area contributed by atoms with Crippen LogP contribution in [0.15, 0.2) is 0 Å². The molecule has 21 heavy (non-hydrogen) atoms. The molecule has 2 amide bonds. The lowest BCUT2D eigenvalue weighted by molar-refractivity contribution is -0.125. The molecule has 0 saturated carbocycles. The topological polar surface area (TPSA) is 111 Å². The molecule has 0 spiro atoms. The van der Waals surface area contributed by atoms with Crippen molar-refractivity contribution in [2.24, 2.45) is 11.8 Å². The zero-order valence-corrected chi connectivity index (χ0v) is 12.9. The second-order valence-electron chi connectivity index (χ2n) is 6.31. The number of carbonyl (C=O) groups is 2. The highest BCUT2D eigenvalue weighted by atomic mass is 16.4. The van der Waals surface area contributed by atoms with E-state index in [0.29, 0.717) is 25.3 Å². The van der Waals surface area contributed by atoms with Crippen LogP contribution in [-0.4, -0.2) is 53.5 Å². The van der Waals surface area contributed by atoms with Crippen molar-refractivity contribution in [2.75, 3.05) is 13.1 Å². The molecule has 7 nitrogen and oxygen atoms in total. The lowest BCUT2D eigenvalue weighted by Gasteiger charge is -2.26. The van der Waals surface area contributed by atoms with Gasteiger partial charge in [0, 0.05) is 6.54 Å². The molecule has 0 bridgehead atoms. The van der Waals surface area contributed by atoms with Crippen molar-refractivity contribution in [2.45, 2.75) is 51.8 Å². The predicted octanol–water partition coefficient (Wildman–Crippen LogP) is 0.144. The zero-order valence-electron chi connectivity index (χ0n) is 12.9. The second-order valence-corrected chi connectivity index (χ2v) is 6.31. The molecule has 4 atom stereocenters. The second kappa shape index (κ2) is 8.19. The Kier molecular flexibility index (Phi) is 6.91. The van der Waals surface area contributed by atoms with Gasteiger partial charge in [-0.2, -0.15) is 0 Å². The fourth-order valence-corrected chi connectivity index (χ4v) is 2.58. The number of amides is 2. The Hall–Kier alpha value is -1.34. The SMILES string of the molecule is CC(C)C[C@H](NC(=O)O)C(=O)NC1CC(C)CNCC1O. The molecule has 0 aromatic rings. The Morgan fingerprint density at radius 3 is 2.57 bits per heavy atom. The van der Waals surface area contributed by atoms with Crippen molar-refractivity contribution in [3.05, 3.63) is 0 Å². The minimum atomic E-state index is -1.22.